The predicted octanol–water partition coefficient (Wildman–Crippen LogP) is 15.2. The second kappa shape index (κ2) is 38.7. The van der Waals surface area contributed by atoms with Crippen LogP contribution in [0.4, 0.5) is 0 Å². The Morgan fingerprint density at radius 3 is 1.21 bits per heavy atom. The monoisotopic (exact) mass is 681 g/mol. The van der Waals surface area contributed by atoms with Gasteiger partial charge in [0.15, 0.2) is 0 Å². The predicted molar refractivity (Wildman–Crippen MR) is 211 cm³/mol. The van der Waals surface area contributed by atoms with E-state index in [0.717, 1.165) is 44.9 Å². The van der Waals surface area contributed by atoms with Crippen LogP contribution in [0.25, 0.3) is 0 Å². The number of aliphatic carboxylic acids is 1. The molecule has 0 aromatic heterocycles. The molecular formula is C44H88O4. The first-order valence-electron chi connectivity index (χ1n) is 21.8. The number of carbonyl (C=O) groups excluding carboxylic acids is 1. The number of carbonyl (C=O) groups is 2. The summed E-state index contributed by atoms with van der Waals surface area (Å²) in [5.41, 5.74) is -0.448. The lowest BCUT2D eigenvalue weighted by atomic mass is 9.76. The van der Waals surface area contributed by atoms with Crippen LogP contribution in [0.15, 0.2) is 0 Å². The minimum Gasteiger partial charge on any atom is -0.481 e. The van der Waals surface area contributed by atoms with E-state index in [0.29, 0.717) is 18.9 Å². The average Bonchev–Trinajstić information content (AvgIpc) is 3.09. The highest BCUT2D eigenvalue weighted by atomic mass is 16.5. The summed E-state index contributed by atoms with van der Waals surface area (Å²) in [5.74, 6) is 0.0167. The Kier molecular flexibility index (Phi) is 39.6. The van der Waals surface area contributed by atoms with Gasteiger partial charge in [-0.15, -0.1) is 0 Å². The summed E-state index contributed by atoms with van der Waals surface area (Å²) >= 11 is 0. The van der Waals surface area contributed by atoms with Crippen molar-refractivity contribution in [2.75, 3.05) is 6.61 Å². The SMILES string of the molecule is CCCCCCCCCCC(CC)(CCCCCC)C(=O)O.CCCCCCCCCCCCCCCC(=O)OCC(CC)CCCC. The van der Waals surface area contributed by atoms with Crippen LogP contribution in [0.2, 0.25) is 0 Å². The zero-order valence-corrected chi connectivity index (χ0v) is 33.8. The fourth-order valence-electron chi connectivity index (χ4n) is 6.80. The topological polar surface area (TPSA) is 63.6 Å². The molecule has 0 aromatic carbocycles. The lowest BCUT2D eigenvalue weighted by Gasteiger charge is -2.28. The van der Waals surface area contributed by atoms with Crippen LogP contribution in [-0.2, 0) is 14.3 Å². The lowest BCUT2D eigenvalue weighted by Crippen LogP contribution is -2.30. The second-order valence-electron chi connectivity index (χ2n) is 15.1. The Bertz CT molecular complexity index is 662. The molecule has 2 atom stereocenters. The molecule has 0 bridgehead atoms. The van der Waals surface area contributed by atoms with Crippen LogP contribution in [-0.4, -0.2) is 23.7 Å². The number of carboxylic acids is 1. The summed E-state index contributed by atoms with van der Waals surface area (Å²) in [6.45, 7) is 13.8. The molecule has 1 N–H and O–H groups in total. The van der Waals surface area contributed by atoms with Gasteiger partial charge in [0.1, 0.15) is 0 Å². The van der Waals surface area contributed by atoms with Crippen LogP contribution in [0.3, 0.4) is 0 Å². The molecule has 288 valence electrons. The second-order valence-corrected chi connectivity index (χ2v) is 15.1. The van der Waals surface area contributed by atoms with E-state index >= 15 is 0 Å². The third kappa shape index (κ3) is 32.2. The van der Waals surface area contributed by atoms with E-state index in [2.05, 4.69) is 41.5 Å². The molecule has 0 aliphatic rings. The van der Waals surface area contributed by atoms with E-state index in [9.17, 15) is 14.7 Å². The standard InChI is InChI=1S/C24H48O2.C20H40O2/c1-4-7-9-10-11-12-13-14-15-16-17-18-19-21-24(25)26-22-23(6-3)20-8-5-2;1-4-7-9-11-12-13-14-16-18-20(6-3,19(21)22)17-15-10-8-5-2/h23H,4-22H2,1-3H3;4-18H2,1-3H3,(H,21,22). The summed E-state index contributed by atoms with van der Waals surface area (Å²) in [7, 11) is 0. The fraction of sp³-hybridized carbons (Fsp3) is 0.955. The maximum absolute atomic E-state index is 11.8. The largest absolute Gasteiger partial charge is 0.481 e. The van der Waals surface area contributed by atoms with Gasteiger partial charge in [-0.25, -0.2) is 0 Å². The van der Waals surface area contributed by atoms with Crippen molar-refractivity contribution in [2.24, 2.45) is 11.3 Å². The van der Waals surface area contributed by atoms with Crippen LogP contribution in [0.1, 0.15) is 253 Å². The van der Waals surface area contributed by atoms with Crippen molar-refractivity contribution in [1.82, 2.24) is 0 Å². The zero-order chi connectivity index (χ0) is 36.0. The van der Waals surface area contributed by atoms with E-state index in [1.165, 1.54) is 161 Å². The van der Waals surface area contributed by atoms with Gasteiger partial charge < -0.3 is 9.84 Å². The molecule has 2 unspecified atom stereocenters. The average molecular weight is 681 g/mol. The molecule has 0 radical (unpaired) electrons. The van der Waals surface area contributed by atoms with Gasteiger partial charge in [0.25, 0.3) is 0 Å². The van der Waals surface area contributed by atoms with Crippen molar-refractivity contribution >= 4 is 11.9 Å². The first kappa shape index (κ1) is 49.1. The third-order valence-corrected chi connectivity index (χ3v) is 10.7. The highest BCUT2D eigenvalue weighted by Gasteiger charge is 2.35. The van der Waals surface area contributed by atoms with Crippen molar-refractivity contribution in [1.29, 1.82) is 0 Å². The fourth-order valence-corrected chi connectivity index (χ4v) is 6.80. The number of hydrogen-bond donors (Lipinski definition) is 1. The van der Waals surface area contributed by atoms with E-state index in [1.807, 2.05) is 0 Å². The van der Waals surface area contributed by atoms with Crippen molar-refractivity contribution in [3.05, 3.63) is 0 Å². The molecule has 0 aliphatic carbocycles. The Balaban J connectivity index is 0. The Labute approximate surface area is 302 Å². The summed E-state index contributed by atoms with van der Waals surface area (Å²) in [6, 6.07) is 0. The van der Waals surface area contributed by atoms with Gasteiger partial charge in [0, 0.05) is 6.42 Å². The van der Waals surface area contributed by atoms with Gasteiger partial charge in [-0.3, -0.25) is 9.59 Å². The van der Waals surface area contributed by atoms with Gasteiger partial charge in [0.05, 0.1) is 12.0 Å². The molecule has 0 heterocycles. The van der Waals surface area contributed by atoms with Gasteiger partial charge in [-0.1, -0.05) is 215 Å². The maximum Gasteiger partial charge on any atom is 0.309 e. The van der Waals surface area contributed by atoms with Crippen LogP contribution < -0.4 is 0 Å². The number of esters is 1. The van der Waals surface area contributed by atoms with Gasteiger partial charge in [0.2, 0.25) is 0 Å². The molecule has 0 spiro atoms. The Hall–Kier alpha value is -1.06. The first-order chi connectivity index (χ1) is 23.4. The lowest BCUT2D eigenvalue weighted by molar-refractivity contribution is -0.150. The third-order valence-electron chi connectivity index (χ3n) is 10.7. The van der Waals surface area contributed by atoms with Crippen LogP contribution >= 0.6 is 0 Å². The summed E-state index contributed by atoms with van der Waals surface area (Å²) in [4.78, 5) is 23.6. The zero-order valence-electron chi connectivity index (χ0n) is 33.8. The quantitative estimate of drug-likeness (QED) is 0.0528. The molecule has 0 saturated heterocycles. The normalized spacial score (nSPS) is 13.0. The highest BCUT2D eigenvalue weighted by molar-refractivity contribution is 5.74. The van der Waals surface area contributed by atoms with E-state index in [-0.39, 0.29) is 5.97 Å². The minimum atomic E-state index is -0.561. The number of rotatable bonds is 36. The molecule has 48 heavy (non-hydrogen) atoms. The molecule has 0 aromatic rings. The first-order valence-corrected chi connectivity index (χ1v) is 21.8. The van der Waals surface area contributed by atoms with Gasteiger partial charge in [-0.05, 0) is 38.0 Å². The molecule has 0 aliphatic heterocycles. The summed E-state index contributed by atoms with van der Waals surface area (Å²) in [6.07, 6.45) is 40.3. The van der Waals surface area contributed by atoms with Gasteiger partial charge in [-0.2, -0.15) is 0 Å². The Morgan fingerprint density at radius 1 is 0.500 bits per heavy atom. The van der Waals surface area contributed by atoms with Crippen molar-refractivity contribution in [3.63, 3.8) is 0 Å². The number of unbranched alkanes of at least 4 members (excludes halogenated alkanes) is 23. The molecule has 4 nitrogen and oxygen atoms in total. The van der Waals surface area contributed by atoms with Crippen LogP contribution in [0.5, 0.6) is 0 Å². The molecule has 0 rings (SSSR count). The number of ether oxygens (including phenoxy) is 1. The van der Waals surface area contributed by atoms with Gasteiger partial charge >= 0.3 is 11.9 Å². The van der Waals surface area contributed by atoms with E-state index < -0.39 is 11.4 Å². The van der Waals surface area contributed by atoms with Crippen molar-refractivity contribution < 1.29 is 19.4 Å². The van der Waals surface area contributed by atoms with E-state index in [1.54, 1.807) is 0 Å². The number of carboxylic acid groups (broad SMARTS) is 1. The molecular weight excluding hydrogens is 592 g/mol. The maximum atomic E-state index is 11.8. The van der Waals surface area contributed by atoms with Crippen molar-refractivity contribution in [2.45, 2.75) is 253 Å². The molecule has 0 fully saturated rings. The van der Waals surface area contributed by atoms with Crippen molar-refractivity contribution in [3.8, 4) is 0 Å². The Morgan fingerprint density at radius 2 is 0.854 bits per heavy atom. The molecule has 4 heteroatoms. The molecule has 0 amide bonds. The number of hydrogen-bond acceptors (Lipinski definition) is 3. The smallest absolute Gasteiger partial charge is 0.309 e. The van der Waals surface area contributed by atoms with E-state index in [4.69, 9.17) is 4.74 Å². The molecule has 0 saturated carbocycles. The van der Waals surface area contributed by atoms with Crippen LogP contribution in [0, 0.1) is 11.3 Å². The summed E-state index contributed by atoms with van der Waals surface area (Å²) in [5, 5.41) is 9.68. The highest BCUT2D eigenvalue weighted by Crippen LogP contribution is 2.35. The minimum absolute atomic E-state index is 0.0167. The summed E-state index contributed by atoms with van der Waals surface area (Å²) < 4.78 is 5.46.